The Hall–Kier alpha value is -2.95. The molecule has 1 aliphatic heterocycles. The quantitative estimate of drug-likeness (QED) is 0.710. The molecular weight excluding hydrogens is 340 g/mol. The van der Waals surface area contributed by atoms with Gasteiger partial charge in [-0.05, 0) is 42.2 Å². The zero-order valence-corrected chi connectivity index (χ0v) is 15.8. The maximum atomic E-state index is 13.2. The molecule has 0 unspecified atom stereocenters. The van der Waals surface area contributed by atoms with E-state index in [-0.39, 0.29) is 6.42 Å². The van der Waals surface area contributed by atoms with Crippen molar-refractivity contribution in [1.82, 2.24) is 0 Å². The molecule has 0 N–H and O–H groups in total. The SMILES string of the molecule is CCCc1ccc(CCC)c(N2C(=O)CC(=O)N(c3ccccc3)C2=O)c1. The molecule has 0 radical (unpaired) electrons. The van der Waals surface area contributed by atoms with Crippen LogP contribution >= 0.6 is 0 Å². The number of carbonyl (C=O) groups is 3. The molecule has 0 saturated carbocycles. The van der Waals surface area contributed by atoms with Gasteiger partial charge in [-0.1, -0.05) is 57.0 Å². The highest BCUT2D eigenvalue weighted by atomic mass is 16.2. The minimum atomic E-state index is -0.603. The average Bonchev–Trinajstić information content (AvgIpc) is 2.64. The molecule has 2 aromatic rings. The minimum absolute atomic E-state index is 0.315. The number of urea groups is 1. The number of amides is 4. The third-order valence-corrected chi connectivity index (χ3v) is 4.65. The summed E-state index contributed by atoms with van der Waals surface area (Å²) in [6, 6.07) is 14.1. The lowest BCUT2D eigenvalue weighted by molar-refractivity contribution is -0.126. The third kappa shape index (κ3) is 3.77. The first-order valence-electron chi connectivity index (χ1n) is 9.43. The number of hydrogen-bond acceptors (Lipinski definition) is 3. The van der Waals surface area contributed by atoms with Crippen LogP contribution in [0.4, 0.5) is 16.2 Å². The van der Waals surface area contributed by atoms with Crippen molar-refractivity contribution in [2.45, 2.75) is 46.0 Å². The van der Waals surface area contributed by atoms with Crippen molar-refractivity contribution in [2.24, 2.45) is 0 Å². The Morgan fingerprint density at radius 1 is 0.815 bits per heavy atom. The molecule has 1 saturated heterocycles. The van der Waals surface area contributed by atoms with Crippen LogP contribution in [-0.2, 0) is 22.4 Å². The van der Waals surface area contributed by atoms with Gasteiger partial charge < -0.3 is 0 Å². The molecule has 0 aromatic heterocycles. The van der Waals surface area contributed by atoms with Crippen molar-refractivity contribution in [2.75, 3.05) is 9.80 Å². The summed E-state index contributed by atoms with van der Waals surface area (Å²) in [5.74, 6) is -0.961. The maximum Gasteiger partial charge on any atom is 0.342 e. The van der Waals surface area contributed by atoms with Crippen LogP contribution in [0.5, 0.6) is 0 Å². The van der Waals surface area contributed by atoms with Crippen molar-refractivity contribution in [1.29, 1.82) is 0 Å². The summed E-state index contributed by atoms with van der Waals surface area (Å²) in [7, 11) is 0. The zero-order chi connectivity index (χ0) is 19.4. The summed E-state index contributed by atoms with van der Waals surface area (Å²) < 4.78 is 0. The molecule has 0 atom stereocenters. The first-order chi connectivity index (χ1) is 13.1. The van der Waals surface area contributed by atoms with Gasteiger partial charge in [0, 0.05) is 0 Å². The molecule has 0 bridgehead atoms. The Morgan fingerprint density at radius 3 is 2.15 bits per heavy atom. The molecule has 0 spiro atoms. The lowest BCUT2D eigenvalue weighted by atomic mass is 10.0. The van der Waals surface area contributed by atoms with Crippen molar-refractivity contribution in [3.8, 4) is 0 Å². The van der Waals surface area contributed by atoms with Crippen LogP contribution in [0.15, 0.2) is 48.5 Å². The number of para-hydroxylation sites is 1. The molecular formula is C22H24N2O3. The molecule has 4 amide bonds. The zero-order valence-electron chi connectivity index (χ0n) is 15.8. The van der Waals surface area contributed by atoms with Gasteiger partial charge in [0.2, 0.25) is 11.8 Å². The van der Waals surface area contributed by atoms with Gasteiger partial charge >= 0.3 is 6.03 Å². The number of rotatable bonds is 6. The first kappa shape index (κ1) is 18.8. The van der Waals surface area contributed by atoms with E-state index in [9.17, 15) is 14.4 Å². The largest absolute Gasteiger partial charge is 0.342 e. The summed E-state index contributed by atoms with van der Waals surface area (Å²) >= 11 is 0. The highest BCUT2D eigenvalue weighted by Gasteiger charge is 2.40. The highest BCUT2D eigenvalue weighted by Crippen LogP contribution is 2.30. The highest BCUT2D eigenvalue weighted by molar-refractivity contribution is 6.35. The van der Waals surface area contributed by atoms with Crippen LogP contribution < -0.4 is 9.80 Å². The number of nitrogens with zero attached hydrogens (tertiary/aromatic N) is 2. The third-order valence-electron chi connectivity index (χ3n) is 4.65. The molecule has 1 aliphatic rings. The number of barbiturate groups is 1. The van der Waals surface area contributed by atoms with Crippen molar-refractivity contribution in [3.63, 3.8) is 0 Å². The molecule has 1 heterocycles. The fourth-order valence-electron chi connectivity index (χ4n) is 3.41. The van der Waals surface area contributed by atoms with E-state index in [4.69, 9.17) is 0 Å². The minimum Gasteiger partial charge on any atom is -0.273 e. The number of anilines is 2. The van der Waals surface area contributed by atoms with Gasteiger partial charge in [-0.25, -0.2) is 14.6 Å². The summed E-state index contributed by atoms with van der Waals surface area (Å²) in [6.45, 7) is 4.15. The van der Waals surface area contributed by atoms with Crippen molar-refractivity contribution < 1.29 is 14.4 Å². The summed E-state index contributed by atoms with van der Waals surface area (Å²) in [5, 5.41) is 0. The normalized spacial score (nSPS) is 14.8. The van der Waals surface area contributed by atoms with Gasteiger partial charge in [-0.2, -0.15) is 0 Å². The fraction of sp³-hybridized carbons (Fsp3) is 0.318. The second kappa shape index (κ2) is 8.16. The van der Waals surface area contributed by atoms with Crippen molar-refractivity contribution in [3.05, 3.63) is 59.7 Å². The Bertz CT molecular complexity index is 861. The molecule has 1 fully saturated rings. The maximum absolute atomic E-state index is 13.2. The number of aryl methyl sites for hydroxylation is 2. The summed E-state index contributed by atoms with van der Waals surface area (Å²) in [4.78, 5) is 40.6. The van der Waals surface area contributed by atoms with Crippen LogP contribution in [0, 0.1) is 0 Å². The van der Waals surface area contributed by atoms with E-state index in [1.807, 2.05) is 18.2 Å². The van der Waals surface area contributed by atoms with Crippen LogP contribution in [0.1, 0.15) is 44.2 Å². The number of imide groups is 2. The van der Waals surface area contributed by atoms with Crippen LogP contribution in [0.25, 0.3) is 0 Å². The summed E-state index contributed by atoms with van der Waals surface area (Å²) in [5.41, 5.74) is 3.11. The Balaban J connectivity index is 2.06. The van der Waals surface area contributed by atoms with Crippen molar-refractivity contribution >= 4 is 29.2 Å². The lowest BCUT2D eigenvalue weighted by Gasteiger charge is -2.33. The van der Waals surface area contributed by atoms with Crippen LogP contribution in [0.3, 0.4) is 0 Å². The molecule has 0 aliphatic carbocycles. The van der Waals surface area contributed by atoms with E-state index >= 15 is 0 Å². The van der Waals surface area contributed by atoms with E-state index in [1.54, 1.807) is 24.3 Å². The predicted molar refractivity (Wildman–Crippen MR) is 106 cm³/mol. The van der Waals surface area contributed by atoms with Gasteiger partial charge in [-0.3, -0.25) is 9.59 Å². The van der Waals surface area contributed by atoms with E-state index in [2.05, 4.69) is 19.9 Å². The second-order valence-corrected chi connectivity index (χ2v) is 6.72. The molecule has 2 aromatic carbocycles. The standard InChI is InChI=1S/C22H24N2O3/c1-3-8-16-12-13-17(9-4-2)19(14-16)24-21(26)15-20(25)23(22(24)27)18-10-6-5-7-11-18/h5-7,10-14H,3-4,8-9,15H2,1-2H3. The first-order valence-corrected chi connectivity index (χ1v) is 9.43. The van der Waals surface area contributed by atoms with E-state index in [0.29, 0.717) is 11.4 Å². The lowest BCUT2D eigenvalue weighted by Crippen LogP contribution is -2.56. The van der Waals surface area contributed by atoms with Gasteiger partial charge in [-0.15, -0.1) is 0 Å². The van der Waals surface area contributed by atoms with E-state index in [1.165, 1.54) is 4.90 Å². The van der Waals surface area contributed by atoms with Crippen LogP contribution in [-0.4, -0.2) is 17.8 Å². The Labute approximate surface area is 159 Å². The average molecular weight is 364 g/mol. The predicted octanol–water partition coefficient (Wildman–Crippen LogP) is 4.48. The molecule has 5 nitrogen and oxygen atoms in total. The van der Waals surface area contributed by atoms with Gasteiger partial charge in [0.05, 0.1) is 11.4 Å². The number of carbonyl (C=O) groups excluding carboxylic acids is 3. The second-order valence-electron chi connectivity index (χ2n) is 6.72. The smallest absolute Gasteiger partial charge is 0.273 e. The Morgan fingerprint density at radius 2 is 1.48 bits per heavy atom. The van der Waals surface area contributed by atoms with Gasteiger partial charge in [0.1, 0.15) is 6.42 Å². The van der Waals surface area contributed by atoms with E-state index < -0.39 is 17.8 Å². The van der Waals surface area contributed by atoms with Gasteiger partial charge in [0.15, 0.2) is 0 Å². The fourth-order valence-corrected chi connectivity index (χ4v) is 3.41. The number of benzene rings is 2. The number of hydrogen-bond donors (Lipinski definition) is 0. The molecule has 5 heteroatoms. The van der Waals surface area contributed by atoms with Gasteiger partial charge in [0.25, 0.3) is 0 Å². The topological polar surface area (TPSA) is 57.7 Å². The van der Waals surface area contributed by atoms with E-state index in [0.717, 1.165) is 41.7 Å². The molecule has 140 valence electrons. The summed E-state index contributed by atoms with van der Waals surface area (Å²) in [6.07, 6.45) is 3.19. The molecule has 3 rings (SSSR count). The monoisotopic (exact) mass is 364 g/mol. The van der Waals surface area contributed by atoms with Crippen LogP contribution in [0.2, 0.25) is 0 Å². The Kier molecular flexibility index (Phi) is 5.69. The molecule has 27 heavy (non-hydrogen) atoms.